The maximum absolute atomic E-state index is 6.13. The molecular formula is C17H14BrClN2. The van der Waals surface area contributed by atoms with Gasteiger partial charge in [0.2, 0.25) is 0 Å². The number of nitrogens with zero attached hydrogens (tertiary/aromatic N) is 1. The Labute approximate surface area is 137 Å². The van der Waals surface area contributed by atoms with Crippen molar-refractivity contribution in [2.24, 2.45) is 0 Å². The van der Waals surface area contributed by atoms with E-state index < -0.39 is 0 Å². The van der Waals surface area contributed by atoms with E-state index in [1.54, 1.807) is 0 Å². The lowest BCUT2D eigenvalue weighted by Gasteiger charge is -2.11. The van der Waals surface area contributed by atoms with Crippen molar-refractivity contribution in [1.29, 1.82) is 0 Å². The number of benzene rings is 2. The molecule has 2 aromatic carbocycles. The summed E-state index contributed by atoms with van der Waals surface area (Å²) in [6, 6.07) is 14.2. The van der Waals surface area contributed by atoms with Crippen LogP contribution in [0, 0.1) is 6.92 Å². The average molecular weight is 362 g/mol. The molecule has 0 spiro atoms. The first kappa shape index (κ1) is 14.4. The Morgan fingerprint density at radius 2 is 2.05 bits per heavy atom. The molecule has 2 nitrogen and oxygen atoms in total. The van der Waals surface area contributed by atoms with E-state index in [0.29, 0.717) is 0 Å². The molecule has 106 valence electrons. The molecule has 1 aromatic heterocycles. The van der Waals surface area contributed by atoms with E-state index in [4.69, 9.17) is 11.6 Å². The summed E-state index contributed by atoms with van der Waals surface area (Å²) < 4.78 is 0.915. The van der Waals surface area contributed by atoms with Gasteiger partial charge in [0.25, 0.3) is 0 Å². The van der Waals surface area contributed by atoms with Crippen LogP contribution in [0.15, 0.2) is 53.1 Å². The molecule has 0 bridgehead atoms. The summed E-state index contributed by atoms with van der Waals surface area (Å²) in [6.45, 7) is 2.80. The van der Waals surface area contributed by atoms with Crippen molar-refractivity contribution in [2.75, 3.05) is 5.32 Å². The van der Waals surface area contributed by atoms with Crippen LogP contribution in [-0.2, 0) is 6.54 Å². The Hall–Kier alpha value is -1.58. The van der Waals surface area contributed by atoms with Gasteiger partial charge in [-0.15, -0.1) is 0 Å². The zero-order valence-corrected chi connectivity index (χ0v) is 13.9. The number of anilines is 1. The summed E-state index contributed by atoms with van der Waals surface area (Å²) in [5.74, 6) is 0. The fourth-order valence-electron chi connectivity index (χ4n) is 2.31. The molecule has 0 radical (unpaired) electrons. The van der Waals surface area contributed by atoms with Crippen LogP contribution in [0.3, 0.4) is 0 Å². The number of hydrogen-bond acceptors (Lipinski definition) is 2. The van der Waals surface area contributed by atoms with Crippen molar-refractivity contribution >= 4 is 44.1 Å². The van der Waals surface area contributed by atoms with Crippen LogP contribution in [-0.4, -0.2) is 4.98 Å². The molecule has 1 N–H and O–H groups in total. The van der Waals surface area contributed by atoms with Crippen molar-refractivity contribution in [3.8, 4) is 0 Å². The monoisotopic (exact) mass is 360 g/mol. The first-order chi connectivity index (χ1) is 10.1. The molecule has 3 aromatic rings. The summed E-state index contributed by atoms with van der Waals surface area (Å²) in [7, 11) is 0. The molecule has 0 fully saturated rings. The number of nitrogens with one attached hydrogen (secondary N) is 1. The number of halogens is 2. The summed E-state index contributed by atoms with van der Waals surface area (Å²) in [6.07, 6.45) is 1.83. The quantitative estimate of drug-likeness (QED) is 0.659. The molecular weight excluding hydrogens is 348 g/mol. The van der Waals surface area contributed by atoms with Crippen LogP contribution in [0.4, 0.5) is 5.69 Å². The fourth-order valence-corrected chi connectivity index (χ4v) is 2.76. The molecule has 21 heavy (non-hydrogen) atoms. The van der Waals surface area contributed by atoms with Crippen molar-refractivity contribution in [2.45, 2.75) is 13.5 Å². The maximum atomic E-state index is 6.13. The van der Waals surface area contributed by atoms with Gasteiger partial charge in [0.05, 0.1) is 10.5 Å². The first-order valence-electron chi connectivity index (χ1n) is 6.67. The molecule has 3 rings (SSSR count). The van der Waals surface area contributed by atoms with E-state index in [1.807, 2.05) is 24.4 Å². The lowest BCUT2D eigenvalue weighted by Crippen LogP contribution is -2.00. The zero-order valence-electron chi connectivity index (χ0n) is 11.5. The number of pyridine rings is 1. The second-order valence-corrected chi connectivity index (χ2v) is 6.19. The van der Waals surface area contributed by atoms with Gasteiger partial charge in [-0.05, 0) is 64.3 Å². The van der Waals surface area contributed by atoms with Crippen molar-refractivity contribution in [3.63, 3.8) is 0 Å². The van der Waals surface area contributed by atoms with Gasteiger partial charge in [0.15, 0.2) is 0 Å². The summed E-state index contributed by atoms with van der Waals surface area (Å²) in [5, 5.41) is 5.33. The Balaban J connectivity index is 1.88. The molecule has 1 heterocycles. The van der Waals surface area contributed by atoms with E-state index in [1.165, 1.54) is 5.56 Å². The van der Waals surface area contributed by atoms with Crippen molar-refractivity contribution < 1.29 is 0 Å². The molecule has 4 heteroatoms. The Morgan fingerprint density at radius 3 is 2.86 bits per heavy atom. The lowest BCUT2D eigenvalue weighted by molar-refractivity contribution is 1.15. The third-order valence-electron chi connectivity index (χ3n) is 3.44. The van der Waals surface area contributed by atoms with E-state index in [9.17, 15) is 0 Å². The van der Waals surface area contributed by atoms with Crippen LogP contribution in [0.25, 0.3) is 10.9 Å². The second-order valence-electron chi connectivity index (χ2n) is 4.93. The summed E-state index contributed by atoms with van der Waals surface area (Å²) >= 11 is 9.53. The minimum absolute atomic E-state index is 0.722. The molecule has 0 saturated heterocycles. The van der Waals surface area contributed by atoms with Crippen LogP contribution >= 0.6 is 27.5 Å². The van der Waals surface area contributed by atoms with Crippen LogP contribution < -0.4 is 5.32 Å². The largest absolute Gasteiger partial charge is 0.380 e. The number of rotatable bonds is 3. The van der Waals surface area contributed by atoms with Crippen LogP contribution in [0.1, 0.15) is 11.1 Å². The standard InChI is InChI=1S/C17H14BrClN2/c1-11-4-7-16(13-3-2-8-20-17(11)13)21-10-12-5-6-14(18)15(19)9-12/h2-9,21H,10H2,1H3. The minimum atomic E-state index is 0.722. The highest BCUT2D eigenvalue weighted by Crippen LogP contribution is 2.26. The number of hydrogen-bond donors (Lipinski definition) is 1. The van der Waals surface area contributed by atoms with Gasteiger partial charge in [-0.1, -0.05) is 23.7 Å². The van der Waals surface area contributed by atoms with Crippen molar-refractivity contribution in [3.05, 3.63) is 69.3 Å². The van der Waals surface area contributed by atoms with Gasteiger partial charge in [0.1, 0.15) is 0 Å². The highest BCUT2D eigenvalue weighted by molar-refractivity contribution is 9.10. The van der Waals surface area contributed by atoms with Gasteiger partial charge in [-0.2, -0.15) is 0 Å². The summed E-state index contributed by atoms with van der Waals surface area (Å²) in [4.78, 5) is 4.45. The van der Waals surface area contributed by atoms with Gasteiger partial charge < -0.3 is 5.32 Å². The smallest absolute Gasteiger partial charge is 0.0751 e. The Morgan fingerprint density at radius 1 is 1.19 bits per heavy atom. The zero-order chi connectivity index (χ0) is 14.8. The molecule has 0 aliphatic heterocycles. The van der Waals surface area contributed by atoms with E-state index in [-0.39, 0.29) is 0 Å². The predicted octanol–water partition coefficient (Wildman–Crippen LogP) is 5.57. The first-order valence-corrected chi connectivity index (χ1v) is 7.84. The highest BCUT2D eigenvalue weighted by Gasteiger charge is 2.05. The number of aromatic nitrogens is 1. The van der Waals surface area contributed by atoms with Gasteiger partial charge in [0, 0.05) is 28.3 Å². The Kier molecular flexibility index (Phi) is 4.13. The molecule has 0 atom stereocenters. The molecule has 0 aliphatic carbocycles. The summed E-state index contributed by atoms with van der Waals surface area (Å²) in [5.41, 5.74) is 4.45. The van der Waals surface area contributed by atoms with Gasteiger partial charge in [-0.25, -0.2) is 0 Å². The van der Waals surface area contributed by atoms with Crippen LogP contribution in [0.5, 0.6) is 0 Å². The SMILES string of the molecule is Cc1ccc(NCc2ccc(Br)c(Cl)c2)c2cccnc12. The predicted molar refractivity (Wildman–Crippen MR) is 93.0 cm³/mol. The van der Waals surface area contributed by atoms with Crippen LogP contribution in [0.2, 0.25) is 5.02 Å². The van der Waals surface area contributed by atoms with Gasteiger partial charge in [-0.3, -0.25) is 4.98 Å². The molecule has 0 aliphatic rings. The Bertz CT molecular complexity index is 802. The molecule has 0 unspecified atom stereocenters. The fraction of sp³-hybridized carbons (Fsp3) is 0.118. The van der Waals surface area contributed by atoms with Gasteiger partial charge >= 0.3 is 0 Å². The molecule has 0 saturated carbocycles. The molecule has 0 amide bonds. The topological polar surface area (TPSA) is 24.9 Å². The average Bonchev–Trinajstić information content (AvgIpc) is 2.50. The van der Waals surface area contributed by atoms with E-state index >= 15 is 0 Å². The third kappa shape index (κ3) is 3.04. The normalized spacial score (nSPS) is 10.8. The lowest BCUT2D eigenvalue weighted by atomic mass is 10.1. The maximum Gasteiger partial charge on any atom is 0.0751 e. The van der Waals surface area contributed by atoms with E-state index in [2.05, 4.69) is 57.4 Å². The van der Waals surface area contributed by atoms with E-state index in [0.717, 1.165) is 38.2 Å². The highest BCUT2D eigenvalue weighted by atomic mass is 79.9. The minimum Gasteiger partial charge on any atom is -0.380 e. The number of fused-ring (bicyclic) bond motifs is 1. The number of aryl methyl sites for hydroxylation is 1. The second kappa shape index (κ2) is 6.04. The third-order valence-corrected chi connectivity index (χ3v) is 4.67. The van der Waals surface area contributed by atoms with Crippen molar-refractivity contribution in [1.82, 2.24) is 4.98 Å².